The van der Waals surface area contributed by atoms with Crippen molar-refractivity contribution in [2.24, 2.45) is 0 Å². The van der Waals surface area contributed by atoms with Gasteiger partial charge in [0.1, 0.15) is 0 Å². The molecule has 126 valence electrons. The monoisotopic (exact) mass is 359 g/mol. The second kappa shape index (κ2) is 8.59. The fraction of sp³-hybridized carbons (Fsp3) is 0.350. The standard InChI is InChI=1S/C20H22ClNOS/c21-17-8-12-19(13-9-17)24-14-20(23)22-18-10-6-16(7-11-18)15-4-2-1-3-5-15/h6-13,15H,1-5,14H2,(H,22,23). The molecule has 1 fully saturated rings. The molecule has 0 spiro atoms. The highest BCUT2D eigenvalue weighted by Crippen LogP contribution is 2.33. The van der Waals surface area contributed by atoms with Crippen LogP contribution in [0.25, 0.3) is 0 Å². The number of anilines is 1. The second-order valence-electron chi connectivity index (χ2n) is 6.25. The third-order valence-electron chi connectivity index (χ3n) is 4.45. The summed E-state index contributed by atoms with van der Waals surface area (Å²) in [6.07, 6.45) is 6.64. The lowest BCUT2D eigenvalue weighted by Crippen LogP contribution is -2.14. The van der Waals surface area contributed by atoms with Crippen LogP contribution in [0.1, 0.15) is 43.6 Å². The van der Waals surface area contributed by atoms with E-state index in [0.717, 1.165) is 10.6 Å². The summed E-state index contributed by atoms with van der Waals surface area (Å²) < 4.78 is 0. The average Bonchev–Trinajstić information content (AvgIpc) is 2.63. The van der Waals surface area contributed by atoms with Gasteiger partial charge >= 0.3 is 0 Å². The normalized spacial score (nSPS) is 15.2. The highest BCUT2D eigenvalue weighted by atomic mass is 35.5. The molecule has 1 saturated carbocycles. The number of halogens is 1. The van der Waals surface area contributed by atoms with Crippen LogP contribution in [-0.4, -0.2) is 11.7 Å². The largest absolute Gasteiger partial charge is 0.325 e. The molecule has 0 atom stereocenters. The van der Waals surface area contributed by atoms with Gasteiger partial charge in [-0.15, -0.1) is 11.8 Å². The van der Waals surface area contributed by atoms with E-state index in [1.54, 1.807) is 0 Å². The molecule has 0 aromatic heterocycles. The fourth-order valence-corrected chi connectivity index (χ4v) is 3.98. The number of carbonyl (C=O) groups is 1. The van der Waals surface area contributed by atoms with E-state index in [4.69, 9.17) is 11.6 Å². The van der Waals surface area contributed by atoms with E-state index in [0.29, 0.717) is 16.7 Å². The number of nitrogens with one attached hydrogen (secondary N) is 1. The van der Waals surface area contributed by atoms with E-state index in [2.05, 4.69) is 17.4 Å². The zero-order valence-corrected chi connectivity index (χ0v) is 15.2. The Labute approximate surface area is 153 Å². The van der Waals surface area contributed by atoms with Crippen molar-refractivity contribution in [2.75, 3.05) is 11.1 Å². The molecule has 1 aliphatic rings. The summed E-state index contributed by atoms with van der Waals surface area (Å²) in [6.45, 7) is 0. The predicted molar refractivity (Wildman–Crippen MR) is 103 cm³/mol. The van der Waals surface area contributed by atoms with Gasteiger partial charge in [-0.2, -0.15) is 0 Å². The van der Waals surface area contributed by atoms with Crippen LogP contribution >= 0.6 is 23.4 Å². The SMILES string of the molecule is O=C(CSc1ccc(Cl)cc1)Nc1ccc(C2CCCCC2)cc1. The Kier molecular flexibility index (Phi) is 6.22. The lowest BCUT2D eigenvalue weighted by Gasteiger charge is -2.22. The van der Waals surface area contributed by atoms with E-state index in [1.165, 1.54) is 49.4 Å². The lowest BCUT2D eigenvalue weighted by molar-refractivity contribution is -0.113. The Morgan fingerprint density at radius 1 is 1.00 bits per heavy atom. The van der Waals surface area contributed by atoms with Crippen molar-refractivity contribution in [3.05, 3.63) is 59.1 Å². The molecule has 2 aromatic rings. The highest BCUT2D eigenvalue weighted by Gasteiger charge is 2.15. The topological polar surface area (TPSA) is 29.1 Å². The van der Waals surface area contributed by atoms with Gasteiger partial charge in [-0.25, -0.2) is 0 Å². The zero-order valence-electron chi connectivity index (χ0n) is 13.6. The van der Waals surface area contributed by atoms with Gasteiger partial charge in [0.2, 0.25) is 5.91 Å². The Bertz CT molecular complexity index is 663. The molecular formula is C20H22ClNOS. The molecule has 0 unspecified atom stereocenters. The van der Waals surface area contributed by atoms with Crippen LogP contribution in [0.3, 0.4) is 0 Å². The van der Waals surface area contributed by atoms with Crippen LogP contribution in [0, 0.1) is 0 Å². The van der Waals surface area contributed by atoms with Crippen molar-refractivity contribution in [3.8, 4) is 0 Å². The molecule has 0 radical (unpaired) electrons. The van der Waals surface area contributed by atoms with E-state index >= 15 is 0 Å². The first-order chi connectivity index (χ1) is 11.7. The number of amides is 1. The van der Waals surface area contributed by atoms with E-state index < -0.39 is 0 Å². The van der Waals surface area contributed by atoms with Gasteiger partial charge in [-0.05, 0) is 60.7 Å². The van der Waals surface area contributed by atoms with Crippen molar-refractivity contribution >= 4 is 35.0 Å². The first kappa shape index (κ1) is 17.4. The fourth-order valence-electron chi connectivity index (χ4n) is 3.15. The van der Waals surface area contributed by atoms with Crippen molar-refractivity contribution in [1.82, 2.24) is 0 Å². The van der Waals surface area contributed by atoms with Crippen molar-refractivity contribution in [1.29, 1.82) is 0 Å². The summed E-state index contributed by atoms with van der Waals surface area (Å²) in [5.41, 5.74) is 2.28. The lowest BCUT2D eigenvalue weighted by atomic mass is 9.84. The molecule has 24 heavy (non-hydrogen) atoms. The van der Waals surface area contributed by atoms with Gasteiger partial charge in [0.05, 0.1) is 5.75 Å². The third kappa shape index (κ3) is 5.02. The summed E-state index contributed by atoms with van der Waals surface area (Å²) in [5, 5.41) is 3.68. The van der Waals surface area contributed by atoms with E-state index in [-0.39, 0.29) is 5.91 Å². The van der Waals surface area contributed by atoms with E-state index in [1.807, 2.05) is 36.4 Å². The van der Waals surface area contributed by atoms with Crippen LogP contribution in [0.5, 0.6) is 0 Å². The molecule has 0 saturated heterocycles. The molecule has 4 heteroatoms. The number of thioether (sulfide) groups is 1. The highest BCUT2D eigenvalue weighted by molar-refractivity contribution is 8.00. The molecule has 1 amide bonds. The van der Waals surface area contributed by atoms with Crippen LogP contribution in [0.15, 0.2) is 53.4 Å². The van der Waals surface area contributed by atoms with Gasteiger partial charge in [-0.1, -0.05) is 43.0 Å². The van der Waals surface area contributed by atoms with Crippen LogP contribution in [0.2, 0.25) is 5.02 Å². The summed E-state index contributed by atoms with van der Waals surface area (Å²) in [7, 11) is 0. The maximum atomic E-state index is 12.1. The number of hydrogen-bond acceptors (Lipinski definition) is 2. The molecule has 1 N–H and O–H groups in total. The molecular weight excluding hydrogens is 338 g/mol. The minimum atomic E-state index is 0.0142. The quantitative estimate of drug-likeness (QED) is 0.651. The first-order valence-electron chi connectivity index (χ1n) is 8.49. The number of hydrogen-bond donors (Lipinski definition) is 1. The Balaban J connectivity index is 1.49. The molecule has 0 aliphatic heterocycles. The van der Waals surface area contributed by atoms with Gasteiger partial charge in [0, 0.05) is 15.6 Å². The molecule has 2 nitrogen and oxygen atoms in total. The summed E-state index contributed by atoms with van der Waals surface area (Å²) in [4.78, 5) is 13.1. The summed E-state index contributed by atoms with van der Waals surface area (Å²) in [6, 6.07) is 15.9. The Hall–Kier alpha value is -1.45. The summed E-state index contributed by atoms with van der Waals surface area (Å²) >= 11 is 7.37. The molecule has 0 heterocycles. The second-order valence-corrected chi connectivity index (χ2v) is 7.73. The Morgan fingerprint density at radius 2 is 1.67 bits per heavy atom. The van der Waals surface area contributed by atoms with Gasteiger partial charge in [0.15, 0.2) is 0 Å². The van der Waals surface area contributed by atoms with Crippen LogP contribution in [-0.2, 0) is 4.79 Å². The van der Waals surface area contributed by atoms with Gasteiger partial charge in [-0.3, -0.25) is 4.79 Å². The maximum absolute atomic E-state index is 12.1. The van der Waals surface area contributed by atoms with Crippen molar-refractivity contribution in [3.63, 3.8) is 0 Å². The van der Waals surface area contributed by atoms with Crippen molar-refractivity contribution < 1.29 is 4.79 Å². The number of carbonyl (C=O) groups excluding carboxylic acids is 1. The van der Waals surface area contributed by atoms with Gasteiger partial charge < -0.3 is 5.32 Å². The minimum Gasteiger partial charge on any atom is -0.325 e. The summed E-state index contributed by atoms with van der Waals surface area (Å²) in [5.74, 6) is 1.11. The number of benzene rings is 2. The third-order valence-corrected chi connectivity index (χ3v) is 5.72. The molecule has 2 aromatic carbocycles. The molecule has 3 rings (SSSR count). The zero-order chi connectivity index (χ0) is 16.8. The van der Waals surface area contributed by atoms with Crippen LogP contribution in [0.4, 0.5) is 5.69 Å². The molecule has 0 bridgehead atoms. The maximum Gasteiger partial charge on any atom is 0.234 e. The van der Waals surface area contributed by atoms with Crippen molar-refractivity contribution in [2.45, 2.75) is 42.9 Å². The number of rotatable bonds is 5. The van der Waals surface area contributed by atoms with Gasteiger partial charge in [0.25, 0.3) is 0 Å². The molecule has 1 aliphatic carbocycles. The average molecular weight is 360 g/mol. The predicted octanol–water partition coefficient (Wildman–Crippen LogP) is 6.12. The minimum absolute atomic E-state index is 0.0142. The Morgan fingerprint density at radius 3 is 2.33 bits per heavy atom. The van der Waals surface area contributed by atoms with Crippen LogP contribution < -0.4 is 5.32 Å². The smallest absolute Gasteiger partial charge is 0.234 e. The van der Waals surface area contributed by atoms with E-state index in [9.17, 15) is 4.79 Å². The first-order valence-corrected chi connectivity index (χ1v) is 9.85.